The van der Waals surface area contributed by atoms with E-state index in [1.54, 1.807) is 41.8 Å². The van der Waals surface area contributed by atoms with Gasteiger partial charge in [-0.25, -0.2) is 0 Å². The number of nitrogens with zero attached hydrogens (tertiary/aromatic N) is 3. The molecule has 0 aliphatic carbocycles. The Morgan fingerprint density at radius 3 is 2.67 bits per heavy atom. The lowest BCUT2D eigenvalue weighted by molar-refractivity contribution is 0.103. The molecule has 0 fully saturated rings. The fraction of sp³-hybridized carbons (Fsp3) is 0.118. The van der Waals surface area contributed by atoms with Crippen molar-refractivity contribution in [2.45, 2.75) is 13.5 Å². The van der Waals surface area contributed by atoms with Crippen molar-refractivity contribution in [2.75, 3.05) is 0 Å². The first-order valence-corrected chi connectivity index (χ1v) is 7.67. The van der Waals surface area contributed by atoms with Gasteiger partial charge in [-0.2, -0.15) is 5.48 Å². The molecule has 0 unspecified atom stereocenters. The molecule has 24 heavy (non-hydrogen) atoms. The van der Waals surface area contributed by atoms with Gasteiger partial charge in [0, 0.05) is 16.1 Å². The third-order valence-electron chi connectivity index (χ3n) is 3.61. The molecule has 122 valence electrons. The third kappa shape index (κ3) is 3.07. The Bertz CT molecular complexity index is 878. The number of nitrogens with one attached hydrogen (secondary N) is 1. The zero-order valence-electron chi connectivity index (χ0n) is 12.9. The third-order valence-corrected chi connectivity index (χ3v) is 3.84. The molecule has 0 aliphatic heterocycles. The van der Waals surface area contributed by atoms with Crippen molar-refractivity contribution >= 4 is 17.4 Å². The van der Waals surface area contributed by atoms with E-state index in [2.05, 4.69) is 15.7 Å². The van der Waals surface area contributed by atoms with Gasteiger partial charge in [-0.05, 0) is 25.1 Å². The number of carbonyl (C=O) groups excluding carboxylic acids is 1. The highest BCUT2D eigenvalue weighted by Gasteiger charge is 2.19. The summed E-state index contributed by atoms with van der Waals surface area (Å²) in [6.45, 7) is 1.88. The molecular formula is C17H15ClN4O2. The molecule has 0 aliphatic rings. The van der Waals surface area contributed by atoms with Crippen LogP contribution in [0.3, 0.4) is 0 Å². The van der Waals surface area contributed by atoms with Gasteiger partial charge in [0.15, 0.2) is 11.6 Å². The van der Waals surface area contributed by atoms with Crippen molar-refractivity contribution in [3.63, 3.8) is 0 Å². The molecule has 0 saturated carbocycles. The van der Waals surface area contributed by atoms with E-state index in [0.717, 1.165) is 0 Å². The Kier molecular flexibility index (Phi) is 4.71. The van der Waals surface area contributed by atoms with Crippen LogP contribution < -0.4 is 5.48 Å². The summed E-state index contributed by atoms with van der Waals surface area (Å²) in [6, 6.07) is 14.0. The smallest absolute Gasteiger partial charge is 0.195 e. The van der Waals surface area contributed by atoms with Crippen molar-refractivity contribution in [1.29, 1.82) is 0 Å². The fourth-order valence-corrected chi connectivity index (χ4v) is 2.71. The maximum atomic E-state index is 12.9. The van der Waals surface area contributed by atoms with Crippen LogP contribution in [-0.2, 0) is 6.54 Å². The van der Waals surface area contributed by atoms with Gasteiger partial charge in [0.25, 0.3) is 0 Å². The normalized spacial score (nSPS) is 10.8. The lowest BCUT2D eigenvalue weighted by Gasteiger charge is -2.13. The zero-order chi connectivity index (χ0) is 17.1. The lowest BCUT2D eigenvalue weighted by Crippen LogP contribution is -2.15. The first-order chi connectivity index (χ1) is 11.6. The van der Waals surface area contributed by atoms with E-state index in [1.807, 2.05) is 18.2 Å². The predicted molar refractivity (Wildman–Crippen MR) is 89.6 cm³/mol. The van der Waals surface area contributed by atoms with Crippen LogP contribution in [0, 0.1) is 6.92 Å². The Morgan fingerprint density at radius 1 is 1.21 bits per heavy atom. The van der Waals surface area contributed by atoms with Crippen LogP contribution in [0.5, 0.6) is 0 Å². The monoisotopic (exact) mass is 342 g/mol. The maximum absolute atomic E-state index is 12.9. The van der Waals surface area contributed by atoms with Crippen LogP contribution >= 0.6 is 11.6 Å². The molecule has 6 nitrogen and oxygen atoms in total. The molecule has 3 aromatic rings. The van der Waals surface area contributed by atoms with Gasteiger partial charge in [0.2, 0.25) is 0 Å². The van der Waals surface area contributed by atoms with Crippen LogP contribution in [0.25, 0.3) is 5.69 Å². The number of ketones is 1. The van der Waals surface area contributed by atoms with Crippen LogP contribution in [0.1, 0.15) is 27.6 Å². The summed E-state index contributed by atoms with van der Waals surface area (Å²) in [7, 11) is 0. The van der Waals surface area contributed by atoms with Crippen LogP contribution in [-0.4, -0.2) is 25.8 Å². The predicted octanol–water partition coefficient (Wildman–Crippen LogP) is 2.94. The highest BCUT2D eigenvalue weighted by molar-refractivity contribution is 6.31. The average Bonchev–Trinajstić information content (AvgIpc) is 2.96. The lowest BCUT2D eigenvalue weighted by atomic mass is 10.0. The number of aryl methyl sites for hydroxylation is 1. The van der Waals surface area contributed by atoms with Gasteiger partial charge >= 0.3 is 0 Å². The van der Waals surface area contributed by atoms with E-state index in [9.17, 15) is 4.79 Å². The first kappa shape index (κ1) is 16.3. The summed E-state index contributed by atoms with van der Waals surface area (Å²) in [4.78, 5) is 12.9. The van der Waals surface area contributed by atoms with Gasteiger partial charge in [0.1, 0.15) is 5.82 Å². The van der Waals surface area contributed by atoms with Gasteiger partial charge in [0.05, 0.1) is 12.2 Å². The quantitative estimate of drug-likeness (QED) is 0.550. The first-order valence-electron chi connectivity index (χ1n) is 7.29. The molecule has 2 N–H and O–H groups in total. The highest BCUT2D eigenvalue weighted by atomic mass is 35.5. The zero-order valence-corrected chi connectivity index (χ0v) is 13.7. The number of rotatable bonds is 5. The molecule has 0 saturated heterocycles. The Labute approximate surface area is 143 Å². The number of hydrogen-bond acceptors (Lipinski definition) is 5. The Morgan fingerprint density at radius 2 is 1.96 bits per heavy atom. The molecule has 1 heterocycles. The van der Waals surface area contributed by atoms with E-state index in [1.165, 1.54) is 0 Å². The van der Waals surface area contributed by atoms with E-state index < -0.39 is 0 Å². The van der Waals surface area contributed by atoms with Gasteiger partial charge in [-0.15, -0.1) is 10.2 Å². The SMILES string of the molecule is Cc1nnc(CNO)n1-c1ccc(Cl)cc1C(=O)c1ccccc1. The van der Waals surface area contributed by atoms with Crippen molar-refractivity contribution < 1.29 is 10.0 Å². The van der Waals surface area contributed by atoms with E-state index in [-0.39, 0.29) is 12.3 Å². The van der Waals surface area contributed by atoms with E-state index in [4.69, 9.17) is 16.8 Å². The van der Waals surface area contributed by atoms with E-state index >= 15 is 0 Å². The van der Waals surface area contributed by atoms with Gasteiger partial charge < -0.3 is 5.21 Å². The van der Waals surface area contributed by atoms with E-state index in [0.29, 0.717) is 33.5 Å². The van der Waals surface area contributed by atoms with Gasteiger partial charge in [-0.1, -0.05) is 41.9 Å². The Balaban J connectivity index is 2.17. The summed E-state index contributed by atoms with van der Waals surface area (Å²) in [6.07, 6.45) is 0. The summed E-state index contributed by atoms with van der Waals surface area (Å²) in [5, 5.41) is 17.5. The molecule has 0 spiro atoms. The summed E-state index contributed by atoms with van der Waals surface area (Å²) >= 11 is 6.11. The summed E-state index contributed by atoms with van der Waals surface area (Å²) < 4.78 is 1.72. The molecule has 0 amide bonds. The summed E-state index contributed by atoms with van der Waals surface area (Å²) in [5.41, 5.74) is 3.68. The molecule has 7 heteroatoms. The maximum Gasteiger partial charge on any atom is 0.195 e. The fourth-order valence-electron chi connectivity index (χ4n) is 2.53. The van der Waals surface area contributed by atoms with Crippen molar-refractivity contribution in [2.24, 2.45) is 0 Å². The molecule has 2 aromatic carbocycles. The van der Waals surface area contributed by atoms with Crippen LogP contribution in [0.2, 0.25) is 5.02 Å². The number of aromatic nitrogens is 3. The van der Waals surface area contributed by atoms with Crippen molar-refractivity contribution in [1.82, 2.24) is 20.2 Å². The highest BCUT2D eigenvalue weighted by Crippen LogP contribution is 2.24. The second-order valence-electron chi connectivity index (χ2n) is 5.19. The molecule has 0 bridgehead atoms. The molecule has 1 aromatic heterocycles. The molecule has 3 rings (SSSR count). The average molecular weight is 343 g/mol. The number of hydrogen-bond donors (Lipinski definition) is 2. The number of halogens is 1. The standard InChI is InChI=1S/C17H15ClN4O2/c1-11-20-21-16(10-19-24)22(11)15-8-7-13(18)9-14(15)17(23)12-5-3-2-4-6-12/h2-9,19,24H,10H2,1H3. The Hall–Kier alpha value is -2.54. The molecule has 0 radical (unpaired) electrons. The topological polar surface area (TPSA) is 80.0 Å². The number of benzene rings is 2. The molecule has 0 atom stereocenters. The summed E-state index contributed by atoms with van der Waals surface area (Å²) in [5.74, 6) is 0.938. The van der Waals surface area contributed by atoms with Crippen LogP contribution in [0.4, 0.5) is 0 Å². The van der Waals surface area contributed by atoms with Crippen LogP contribution in [0.15, 0.2) is 48.5 Å². The second kappa shape index (κ2) is 6.92. The second-order valence-corrected chi connectivity index (χ2v) is 5.63. The van der Waals surface area contributed by atoms with Crippen molar-refractivity contribution in [3.05, 3.63) is 76.3 Å². The van der Waals surface area contributed by atoms with Gasteiger partial charge in [-0.3, -0.25) is 9.36 Å². The van der Waals surface area contributed by atoms with Crippen molar-refractivity contribution in [3.8, 4) is 5.69 Å². The minimum absolute atomic E-state index is 0.0996. The number of carbonyl (C=O) groups is 1. The number of hydroxylamine groups is 1. The molecular weight excluding hydrogens is 328 g/mol. The minimum Gasteiger partial charge on any atom is -0.316 e. The minimum atomic E-state index is -0.149. The largest absolute Gasteiger partial charge is 0.316 e.